The van der Waals surface area contributed by atoms with Crippen LogP contribution in [0.15, 0.2) is 16.7 Å². The number of nitrogens with one attached hydrogen (secondary N) is 2. The topological polar surface area (TPSA) is 44.9 Å². The molecule has 1 rings (SSSR count). The van der Waals surface area contributed by atoms with Gasteiger partial charge in [-0.05, 0) is 34.8 Å². The van der Waals surface area contributed by atoms with E-state index in [1.807, 2.05) is 0 Å². The second kappa shape index (κ2) is 6.31. The second-order valence-electron chi connectivity index (χ2n) is 3.15. The number of halogens is 1. The van der Waals surface area contributed by atoms with Crippen LogP contribution in [0.5, 0.6) is 0 Å². The summed E-state index contributed by atoms with van der Waals surface area (Å²) in [6.45, 7) is 0.664. The summed E-state index contributed by atoms with van der Waals surface area (Å²) in [6.07, 6.45) is 9.48. The Morgan fingerprint density at radius 2 is 2.40 bits per heavy atom. The van der Waals surface area contributed by atoms with Gasteiger partial charge in [0.2, 0.25) is 0 Å². The highest BCUT2D eigenvalue weighted by Gasteiger charge is 2.05. The molecular formula is C11H13BrN2O. The zero-order chi connectivity index (χ0) is 11.1. The summed E-state index contributed by atoms with van der Waals surface area (Å²) >= 11 is 3.27. The van der Waals surface area contributed by atoms with Crippen LogP contribution in [0.3, 0.4) is 0 Å². The van der Waals surface area contributed by atoms with Crippen LogP contribution in [-0.2, 0) is 0 Å². The first kappa shape index (κ1) is 11.9. The largest absolute Gasteiger partial charge is 0.356 e. The summed E-state index contributed by atoms with van der Waals surface area (Å²) in [6, 6.07) is 1.75. The number of aromatic amines is 1. The molecule has 0 fully saturated rings. The Bertz CT molecular complexity index is 365. The average Bonchev–Trinajstić information content (AvgIpc) is 2.64. The van der Waals surface area contributed by atoms with Crippen LogP contribution in [-0.4, -0.2) is 17.4 Å². The van der Waals surface area contributed by atoms with E-state index in [9.17, 15) is 4.79 Å². The SMILES string of the molecule is C#CCCCCNC(=O)c1cc(Br)c[nH]1. The number of hydrogen-bond donors (Lipinski definition) is 2. The highest BCUT2D eigenvalue weighted by molar-refractivity contribution is 9.10. The Morgan fingerprint density at radius 1 is 1.60 bits per heavy atom. The lowest BCUT2D eigenvalue weighted by atomic mass is 10.2. The van der Waals surface area contributed by atoms with Crippen LogP contribution in [0.2, 0.25) is 0 Å². The van der Waals surface area contributed by atoms with E-state index in [1.165, 1.54) is 0 Å². The van der Waals surface area contributed by atoms with Crippen molar-refractivity contribution in [3.05, 3.63) is 22.4 Å². The maximum Gasteiger partial charge on any atom is 0.267 e. The first-order valence-electron chi connectivity index (χ1n) is 4.79. The molecule has 1 aromatic heterocycles. The molecule has 0 aromatic carbocycles. The molecule has 0 unspecified atom stereocenters. The van der Waals surface area contributed by atoms with E-state index in [1.54, 1.807) is 12.3 Å². The third-order valence-corrected chi connectivity index (χ3v) is 2.38. The normalized spacial score (nSPS) is 9.60. The third-order valence-electron chi connectivity index (χ3n) is 1.93. The van der Waals surface area contributed by atoms with Gasteiger partial charge in [0, 0.05) is 23.6 Å². The zero-order valence-corrected chi connectivity index (χ0v) is 9.93. The second-order valence-corrected chi connectivity index (χ2v) is 4.06. The van der Waals surface area contributed by atoms with Gasteiger partial charge >= 0.3 is 0 Å². The van der Waals surface area contributed by atoms with Crippen molar-refractivity contribution in [1.82, 2.24) is 10.3 Å². The van der Waals surface area contributed by atoms with Gasteiger partial charge in [-0.25, -0.2) is 0 Å². The van der Waals surface area contributed by atoms with E-state index in [0.29, 0.717) is 12.2 Å². The fourth-order valence-corrected chi connectivity index (χ4v) is 1.49. The lowest BCUT2D eigenvalue weighted by Crippen LogP contribution is -2.24. The van der Waals surface area contributed by atoms with Crippen molar-refractivity contribution >= 4 is 21.8 Å². The molecule has 0 saturated carbocycles. The Labute approximate surface area is 97.8 Å². The third kappa shape index (κ3) is 4.22. The maximum absolute atomic E-state index is 11.5. The van der Waals surface area contributed by atoms with E-state index < -0.39 is 0 Å². The molecule has 15 heavy (non-hydrogen) atoms. The van der Waals surface area contributed by atoms with Gasteiger partial charge in [0.05, 0.1) is 0 Å². The van der Waals surface area contributed by atoms with Crippen molar-refractivity contribution in [2.24, 2.45) is 0 Å². The van der Waals surface area contributed by atoms with Crippen LogP contribution in [0, 0.1) is 12.3 Å². The van der Waals surface area contributed by atoms with Crippen molar-refractivity contribution in [2.75, 3.05) is 6.54 Å². The fraction of sp³-hybridized carbons (Fsp3) is 0.364. The highest BCUT2D eigenvalue weighted by atomic mass is 79.9. The lowest BCUT2D eigenvalue weighted by molar-refractivity contribution is 0.0948. The van der Waals surface area contributed by atoms with E-state index >= 15 is 0 Å². The molecule has 1 heterocycles. The molecule has 0 aliphatic heterocycles. The molecule has 0 spiro atoms. The standard InChI is InChI=1S/C11H13BrN2O/c1-2-3-4-5-6-13-11(15)10-7-9(12)8-14-10/h1,7-8,14H,3-6H2,(H,13,15). The van der Waals surface area contributed by atoms with Gasteiger partial charge in [-0.1, -0.05) is 0 Å². The van der Waals surface area contributed by atoms with Crippen molar-refractivity contribution in [3.63, 3.8) is 0 Å². The summed E-state index contributed by atoms with van der Waals surface area (Å²) in [4.78, 5) is 14.4. The molecule has 3 nitrogen and oxygen atoms in total. The smallest absolute Gasteiger partial charge is 0.267 e. The molecular weight excluding hydrogens is 256 g/mol. The number of rotatable bonds is 5. The Hall–Kier alpha value is -1.21. The van der Waals surface area contributed by atoms with E-state index in [4.69, 9.17) is 6.42 Å². The Kier molecular flexibility index (Phi) is 4.99. The Morgan fingerprint density at radius 3 is 3.00 bits per heavy atom. The molecule has 0 radical (unpaired) electrons. The van der Waals surface area contributed by atoms with Crippen molar-refractivity contribution in [2.45, 2.75) is 19.3 Å². The number of carbonyl (C=O) groups is 1. The Balaban J connectivity index is 2.23. The van der Waals surface area contributed by atoms with E-state index in [-0.39, 0.29) is 5.91 Å². The summed E-state index contributed by atoms with van der Waals surface area (Å²) < 4.78 is 0.875. The van der Waals surface area contributed by atoms with Crippen LogP contribution < -0.4 is 5.32 Å². The first-order chi connectivity index (χ1) is 7.24. The number of terminal acetylenes is 1. The van der Waals surface area contributed by atoms with Crippen LogP contribution >= 0.6 is 15.9 Å². The number of hydrogen-bond acceptors (Lipinski definition) is 1. The maximum atomic E-state index is 11.5. The van der Waals surface area contributed by atoms with Crippen molar-refractivity contribution < 1.29 is 4.79 Å². The van der Waals surface area contributed by atoms with Gasteiger partial charge in [0.1, 0.15) is 5.69 Å². The summed E-state index contributed by atoms with van der Waals surface area (Å²) in [5.74, 6) is 2.48. The molecule has 1 amide bonds. The molecule has 80 valence electrons. The number of unbranched alkanes of at least 4 members (excludes halogenated alkanes) is 2. The van der Waals surface area contributed by atoms with Gasteiger partial charge < -0.3 is 10.3 Å². The van der Waals surface area contributed by atoms with Crippen LogP contribution in [0.25, 0.3) is 0 Å². The summed E-state index contributed by atoms with van der Waals surface area (Å²) in [5, 5.41) is 2.81. The molecule has 4 heteroatoms. The number of amides is 1. The zero-order valence-electron chi connectivity index (χ0n) is 8.35. The summed E-state index contributed by atoms with van der Waals surface area (Å²) in [5.41, 5.74) is 0.568. The average molecular weight is 269 g/mol. The highest BCUT2D eigenvalue weighted by Crippen LogP contribution is 2.10. The lowest BCUT2D eigenvalue weighted by Gasteiger charge is -2.01. The molecule has 0 aliphatic carbocycles. The molecule has 0 saturated heterocycles. The van der Waals surface area contributed by atoms with E-state index in [0.717, 1.165) is 23.7 Å². The van der Waals surface area contributed by atoms with E-state index in [2.05, 4.69) is 32.2 Å². The number of H-pyrrole nitrogens is 1. The molecule has 2 N–H and O–H groups in total. The predicted molar refractivity (Wildman–Crippen MR) is 63.5 cm³/mol. The van der Waals surface area contributed by atoms with Crippen LogP contribution in [0.4, 0.5) is 0 Å². The quantitative estimate of drug-likeness (QED) is 0.625. The minimum Gasteiger partial charge on any atom is -0.356 e. The van der Waals surface area contributed by atoms with Gasteiger partial charge in [0.15, 0.2) is 0 Å². The van der Waals surface area contributed by atoms with Gasteiger partial charge in [-0.2, -0.15) is 0 Å². The summed E-state index contributed by atoms with van der Waals surface area (Å²) in [7, 11) is 0. The monoisotopic (exact) mass is 268 g/mol. The molecule has 0 atom stereocenters. The number of carbonyl (C=O) groups excluding carboxylic acids is 1. The van der Waals surface area contributed by atoms with Crippen molar-refractivity contribution in [3.8, 4) is 12.3 Å². The minimum atomic E-state index is -0.0820. The molecule has 0 aliphatic rings. The predicted octanol–water partition coefficient (Wildman–Crippen LogP) is 2.31. The van der Waals surface area contributed by atoms with Gasteiger partial charge in [-0.15, -0.1) is 12.3 Å². The number of aromatic nitrogens is 1. The first-order valence-corrected chi connectivity index (χ1v) is 5.59. The van der Waals surface area contributed by atoms with Gasteiger partial charge in [0.25, 0.3) is 5.91 Å². The van der Waals surface area contributed by atoms with Gasteiger partial charge in [-0.3, -0.25) is 4.79 Å². The van der Waals surface area contributed by atoms with Crippen LogP contribution in [0.1, 0.15) is 29.8 Å². The fourth-order valence-electron chi connectivity index (χ4n) is 1.15. The minimum absolute atomic E-state index is 0.0820. The van der Waals surface area contributed by atoms with Crippen molar-refractivity contribution in [1.29, 1.82) is 0 Å². The molecule has 1 aromatic rings. The molecule has 0 bridgehead atoms.